The number of nitrogens with one attached hydrogen (secondary N) is 1. The number of hydrogen-bond donors (Lipinski definition) is 1. The molecule has 5 rings (SSSR count). The number of rotatable bonds is 7. The fourth-order valence-electron chi connectivity index (χ4n) is 4.60. The molecule has 1 unspecified atom stereocenters. The van der Waals surface area contributed by atoms with Crippen molar-refractivity contribution in [3.05, 3.63) is 65.4 Å². The Balaban J connectivity index is 1.41. The van der Waals surface area contributed by atoms with Crippen LogP contribution in [0.1, 0.15) is 40.7 Å². The molecule has 2 heterocycles. The number of likely N-dealkylation sites (N-methyl/N-ethyl adjacent to an activating group) is 1. The molecule has 1 saturated carbocycles. The van der Waals surface area contributed by atoms with Crippen molar-refractivity contribution in [2.75, 3.05) is 39.2 Å². The molecule has 1 saturated heterocycles. The van der Waals surface area contributed by atoms with Crippen molar-refractivity contribution in [2.24, 2.45) is 0 Å². The van der Waals surface area contributed by atoms with E-state index in [0.29, 0.717) is 18.2 Å². The van der Waals surface area contributed by atoms with Crippen molar-refractivity contribution in [1.29, 1.82) is 0 Å². The lowest BCUT2D eigenvalue weighted by Gasteiger charge is -2.37. The van der Waals surface area contributed by atoms with Crippen LogP contribution in [0.25, 0.3) is 10.9 Å². The Morgan fingerprint density at radius 2 is 2.06 bits per heavy atom. The number of hydrogen-bond acceptors (Lipinski definition) is 5. The van der Waals surface area contributed by atoms with Gasteiger partial charge in [-0.15, -0.1) is 0 Å². The fraction of sp³-hybridized carbons (Fsp3) is 0.407. The minimum absolute atomic E-state index is 0.0523. The summed E-state index contributed by atoms with van der Waals surface area (Å²) in [5, 5.41) is 4.47. The lowest BCUT2D eigenvalue weighted by molar-refractivity contribution is 0.0767. The minimum atomic E-state index is -0.359. The second kappa shape index (κ2) is 8.34. The van der Waals surface area contributed by atoms with Crippen LogP contribution in [0.3, 0.4) is 0 Å². The summed E-state index contributed by atoms with van der Waals surface area (Å²) < 4.78 is 6.02. The number of carbonyl (C=O) groups excluding carboxylic acids is 1. The van der Waals surface area contributed by atoms with Crippen LogP contribution in [0, 0.1) is 6.92 Å². The van der Waals surface area contributed by atoms with Gasteiger partial charge in [0.15, 0.2) is 0 Å². The van der Waals surface area contributed by atoms with E-state index < -0.39 is 0 Å². The third kappa shape index (κ3) is 4.15. The molecule has 6 nitrogen and oxygen atoms in total. The first-order valence-electron chi connectivity index (χ1n) is 11.7. The van der Waals surface area contributed by atoms with Crippen molar-refractivity contribution in [3.63, 3.8) is 0 Å². The van der Waals surface area contributed by atoms with Crippen molar-refractivity contribution >= 4 is 22.5 Å². The number of nitrogens with zero attached hydrogens (tertiary/aromatic N) is 3. The molecule has 1 aromatic heterocycles. The molecule has 2 aliphatic rings. The quantitative estimate of drug-likeness (QED) is 0.594. The highest BCUT2D eigenvalue weighted by molar-refractivity contribution is 5.97. The average Bonchev–Trinajstić information content (AvgIpc) is 3.58. The molecular weight excluding hydrogens is 412 g/mol. The second-order valence-corrected chi connectivity index (χ2v) is 9.70. The predicted molar refractivity (Wildman–Crippen MR) is 132 cm³/mol. The van der Waals surface area contributed by atoms with Crippen LogP contribution in [0.2, 0.25) is 0 Å². The van der Waals surface area contributed by atoms with Gasteiger partial charge in [0.25, 0.3) is 5.91 Å². The van der Waals surface area contributed by atoms with Crippen LogP contribution < -0.4 is 15.0 Å². The van der Waals surface area contributed by atoms with E-state index in [1.165, 1.54) is 0 Å². The molecule has 33 heavy (non-hydrogen) atoms. The zero-order chi connectivity index (χ0) is 23.2. The number of amides is 1. The highest BCUT2D eigenvalue weighted by Gasteiger charge is 2.47. The van der Waals surface area contributed by atoms with Crippen molar-refractivity contribution in [3.8, 4) is 5.75 Å². The van der Waals surface area contributed by atoms with Crippen LogP contribution in [-0.4, -0.2) is 56.1 Å². The van der Waals surface area contributed by atoms with Gasteiger partial charge in [-0.1, -0.05) is 12.1 Å². The summed E-state index contributed by atoms with van der Waals surface area (Å²) in [6.45, 7) is 3.75. The molecule has 2 fully saturated rings. The second-order valence-electron chi connectivity index (χ2n) is 9.70. The summed E-state index contributed by atoms with van der Waals surface area (Å²) in [6.07, 6.45) is 4.82. The summed E-state index contributed by atoms with van der Waals surface area (Å²) in [6, 6.07) is 14.6. The molecule has 0 spiro atoms. The molecule has 1 amide bonds. The van der Waals surface area contributed by atoms with E-state index >= 15 is 0 Å². The average molecular weight is 445 g/mol. The molecule has 172 valence electrons. The minimum Gasteiger partial charge on any atom is -0.492 e. The van der Waals surface area contributed by atoms with Gasteiger partial charge in [-0.05, 0) is 81.2 Å². The van der Waals surface area contributed by atoms with E-state index in [2.05, 4.69) is 45.3 Å². The first-order valence-corrected chi connectivity index (χ1v) is 11.7. The van der Waals surface area contributed by atoms with E-state index in [9.17, 15) is 4.79 Å². The Morgan fingerprint density at radius 3 is 2.73 bits per heavy atom. The third-order valence-corrected chi connectivity index (χ3v) is 7.17. The van der Waals surface area contributed by atoms with Gasteiger partial charge in [0.1, 0.15) is 12.4 Å². The molecule has 3 aromatic rings. The number of benzene rings is 2. The Bertz CT molecular complexity index is 1200. The van der Waals surface area contributed by atoms with Gasteiger partial charge in [0.2, 0.25) is 0 Å². The lowest BCUT2D eigenvalue weighted by atomic mass is 9.97. The maximum atomic E-state index is 13.5. The lowest BCUT2D eigenvalue weighted by Crippen LogP contribution is -2.48. The number of fused-ring (bicyclic) bond motifs is 1. The Kier molecular flexibility index (Phi) is 5.49. The van der Waals surface area contributed by atoms with Crippen LogP contribution in [0.5, 0.6) is 5.75 Å². The summed E-state index contributed by atoms with van der Waals surface area (Å²) in [4.78, 5) is 22.4. The van der Waals surface area contributed by atoms with Gasteiger partial charge in [0.05, 0.1) is 11.1 Å². The van der Waals surface area contributed by atoms with Gasteiger partial charge in [0, 0.05) is 43.0 Å². The van der Waals surface area contributed by atoms with E-state index in [4.69, 9.17) is 4.74 Å². The van der Waals surface area contributed by atoms with E-state index in [1.807, 2.05) is 51.5 Å². The highest BCUT2D eigenvalue weighted by atomic mass is 16.5. The number of likely N-dealkylation sites (tertiary alicyclic amines) is 1. The predicted octanol–water partition coefficient (Wildman–Crippen LogP) is 4.11. The van der Waals surface area contributed by atoms with E-state index in [0.717, 1.165) is 59.3 Å². The zero-order valence-electron chi connectivity index (χ0n) is 19.9. The number of aromatic nitrogens is 1. The molecule has 1 aliphatic carbocycles. The van der Waals surface area contributed by atoms with Gasteiger partial charge >= 0.3 is 0 Å². The Labute approximate surface area is 195 Å². The highest BCUT2D eigenvalue weighted by Crippen LogP contribution is 2.49. The first kappa shape index (κ1) is 21.7. The van der Waals surface area contributed by atoms with Crippen LogP contribution in [0.4, 0.5) is 5.69 Å². The Hall–Kier alpha value is -3.12. The number of anilines is 1. The maximum absolute atomic E-state index is 13.5. The topological polar surface area (TPSA) is 57.7 Å². The Morgan fingerprint density at radius 1 is 1.24 bits per heavy atom. The van der Waals surface area contributed by atoms with Crippen LogP contribution in [0.15, 0.2) is 48.7 Å². The van der Waals surface area contributed by atoms with Crippen LogP contribution >= 0.6 is 0 Å². The molecule has 6 heteroatoms. The summed E-state index contributed by atoms with van der Waals surface area (Å²) >= 11 is 0. The first-order chi connectivity index (χ1) is 15.9. The largest absolute Gasteiger partial charge is 0.492 e. The molecule has 1 atom stereocenters. The standard InChI is InChI=1S/C27H32N4O2/c1-18-7-8-21(33-17-19-9-13-31(19)4)16-23(18)26(32)29-27(10-11-27)24-14-20(30(2)3)15-25-22(24)6-5-12-28-25/h5-8,12,14-16,19H,9-11,13,17H2,1-4H3,(H,29,32). The van der Waals surface area contributed by atoms with Gasteiger partial charge in [-0.3, -0.25) is 14.7 Å². The van der Waals surface area contributed by atoms with E-state index in [1.54, 1.807) is 0 Å². The van der Waals surface area contributed by atoms with Crippen molar-refractivity contribution < 1.29 is 9.53 Å². The molecular formula is C27H32N4O2. The summed E-state index contributed by atoms with van der Waals surface area (Å²) in [5.74, 6) is 0.698. The van der Waals surface area contributed by atoms with Gasteiger partial charge < -0.3 is 15.0 Å². The zero-order valence-corrected chi connectivity index (χ0v) is 19.9. The summed E-state index contributed by atoms with van der Waals surface area (Å²) in [5.41, 5.74) is 4.44. The number of ether oxygens (including phenoxy) is 1. The SMILES string of the molecule is Cc1ccc(OCC2CCN2C)cc1C(=O)NC1(c2cc(N(C)C)cc3ncccc23)CC1. The van der Waals surface area contributed by atoms with Crippen LogP contribution in [-0.2, 0) is 5.54 Å². The van der Waals surface area contributed by atoms with Crippen molar-refractivity contribution in [1.82, 2.24) is 15.2 Å². The molecule has 0 radical (unpaired) electrons. The normalized spacial score (nSPS) is 19.1. The maximum Gasteiger partial charge on any atom is 0.252 e. The molecule has 0 bridgehead atoms. The smallest absolute Gasteiger partial charge is 0.252 e. The fourth-order valence-corrected chi connectivity index (χ4v) is 4.60. The van der Waals surface area contributed by atoms with E-state index in [-0.39, 0.29) is 11.4 Å². The van der Waals surface area contributed by atoms with Gasteiger partial charge in [-0.2, -0.15) is 0 Å². The van der Waals surface area contributed by atoms with Gasteiger partial charge in [-0.25, -0.2) is 0 Å². The number of carbonyl (C=O) groups is 1. The van der Waals surface area contributed by atoms with Crippen molar-refractivity contribution in [2.45, 2.75) is 37.8 Å². The molecule has 2 aromatic carbocycles. The molecule has 1 N–H and O–H groups in total. The summed E-state index contributed by atoms with van der Waals surface area (Å²) in [7, 11) is 6.18. The monoisotopic (exact) mass is 444 g/mol. The molecule has 1 aliphatic heterocycles. The number of pyridine rings is 1. The third-order valence-electron chi connectivity index (χ3n) is 7.17. The number of aryl methyl sites for hydroxylation is 1.